The molecule has 10 aromatic carbocycles. The van der Waals surface area contributed by atoms with Gasteiger partial charge in [0.25, 0.3) is 0 Å². The summed E-state index contributed by atoms with van der Waals surface area (Å²) in [5.41, 5.74) is 17.3. The molecule has 0 saturated carbocycles. The minimum absolute atomic E-state index is 0.198. The lowest BCUT2D eigenvalue weighted by Gasteiger charge is -2.32. The van der Waals surface area contributed by atoms with Crippen molar-refractivity contribution in [3.8, 4) is 44.5 Å². The van der Waals surface area contributed by atoms with Crippen molar-refractivity contribution in [2.75, 3.05) is 4.90 Å². The van der Waals surface area contributed by atoms with Crippen LogP contribution < -0.4 is 4.90 Å². The summed E-state index contributed by atoms with van der Waals surface area (Å²) < 4.78 is 0. The van der Waals surface area contributed by atoms with Gasteiger partial charge in [0.2, 0.25) is 0 Å². The molecule has 0 heterocycles. The van der Waals surface area contributed by atoms with Crippen molar-refractivity contribution in [3.63, 3.8) is 0 Å². The van der Waals surface area contributed by atoms with Crippen LogP contribution in [0.1, 0.15) is 30.0 Å². The molecule has 1 aliphatic rings. The zero-order chi connectivity index (χ0) is 40.0. The van der Waals surface area contributed by atoms with Crippen molar-refractivity contribution >= 4 is 38.6 Å². The molecule has 0 aliphatic heterocycles. The fourth-order valence-corrected chi connectivity index (χ4v) is 9.97. The van der Waals surface area contributed by atoms with E-state index in [1.807, 2.05) is 0 Å². The molecule has 1 nitrogen and oxygen atoms in total. The highest BCUT2D eigenvalue weighted by atomic mass is 15.1. The molecule has 60 heavy (non-hydrogen) atoms. The first kappa shape index (κ1) is 35.7. The predicted octanol–water partition coefficient (Wildman–Crippen LogP) is 16.2. The van der Waals surface area contributed by atoms with Crippen molar-refractivity contribution in [2.24, 2.45) is 0 Å². The van der Waals surface area contributed by atoms with Gasteiger partial charge in [-0.25, -0.2) is 0 Å². The standard InChI is InChI=1S/C59H43N/c1-2-59(57-26-9-7-22-55(57)56-23-8-10-27-58(56)59)47-19-11-18-46(40-47)41-28-34-48(35-29-41)60(49-36-30-44(31-37-49)53-24-12-16-42-14-3-5-20-51(42)53)50-38-32-45(33-39-50)54-25-13-17-43-15-4-6-21-52(43)54/h3-40H,2H2,1H3. The van der Waals surface area contributed by atoms with Crippen molar-refractivity contribution in [1.29, 1.82) is 0 Å². The third-order valence-electron chi connectivity index (χ3n) is 12.9. The van der Waals surface area contributed by atoms with Crippen LogP contribution in [0.5, 0.6) is 0 Å². The van der Waals surface area contributed by atoms with E-state index in [4.69, 9.17) is 0 Å². The first-order valence-corrected chi connectivity index (χ1v) is 21.1. The quantitative estimate of drug-likeness (QED) is 0.149. The van der Waals surface area contributed by atoms with E-state index in [1.54, 1.807) is 0 Å². The van der Waals surface area contributed by atoms with Gasteiger partial charge in [-0.2, -0.15) is 0 Å². The molecule has 0 amide bonds. The third kappa shape index (κ3) is 5.85. The van der Waals surface area contributed by atoms with E-state index in [-0.39, 0.29) is 5.41 Å². The van der Waals surface area contributed by atoms with E-state index in [9.17, 15) is 0 Å². The molecule has 284 valence electrons. The first-order valence-electron chi connectivity index (χ1n) is 21.1. The highest BCUT2D eigenvalue weighted by molar-refractivity contribution is 5.98. The monoisotopic (exact) mass is 765 g/mol. The van der Waals surface area contributed by atoms with Gasteiger partial charge in [-0.05, 0) is 132 Å². The predicted molar refractivity (Wildman–Crippen MR) is 254 cm³/mol. The van der Waals surface area contributed by atoms with Crippen LogP contribution in [0.25, 0.3) is 66.1 Å². The number of benzene rings is 10. The minimum atomic E-state index is -0.198. The van der Waals surface area contributed by atoms with Gasteiger partial charge in [0.15, 0.2) is 0 Å². The fourth-order valence-electron chi connectivity index (χ4n) is 9.97. The lowest BCUT2D eigenvalue weighted by Crippen LogP contribution is -2.25. The maximum Gasteiger partial charge on any atom is 0.0462 e. The number of nitrogens with zero attached hydrogens (tertiary/aromatic N) is 1. The Bertz CT molecular complexity index is 2990. The van der Waals surface area contributed by atoms with Crippen molar-refractivity contribution in [3.05, 3.63) is 247 Å². The second kappa shape index (κ2) is 14.7. The largest absolute Gasteiger partial charge is 0.311 e. The van der Waals surface area contributed by atoms with E-state index in [2.05, 4.69) is 242 Å². The van der Waals surface area contributed by atoms with Crippen LogP contribution in [-0.4, -0.2) is 0 Å². The van der Waals surface area contributed by atoms with Crippen LogP contribution in [0.3, 0.4) is 0 Å². The Morgan fingerprint density at radius 3 is 1.23 bits per heavy atom. The summed E-state index contributed by atoms with van der Waals surface area (Å²) in [6.07, 6.45) is 0.983. The van der Waals surface area contributed by atoms with Crippen LogP contribution in [0, 0.1) is 0 Å². The number of rotatable bonds is 8. The second-order valence-corrected chi connectivity index (χ2v) is 16.0. The minimum Gasteiger partial charge on any atom is -0.311 e. The number of anilines is 3. The third-order valence-corrected chi connectivity index (χ3v) is 12.9. The molecule has 0 atom stereocenters. The van der Waals surface area contributed by atoms with E-state index in [0.717, 1.165) is 23.5 Å². The highest BCUT2D eigenvalue weighted by Crippen LogP contribution is 2.54. The lowest BCUT2D eigenvalue weighted by molar-refractivity contribution is 0.609. The molecule has 1 heteroatoms. The SMILES string of the molecule is CCC1(c2cccc(-c3ccc(N(c4ccc(-c5cccc6ccccc56)cc4)c4ccc(-c5cccc6ccccc56)cc4)cc3)c2)c2ccccc2-c2ccccc21. The maximum absolute atomic E-state index is 2.42. The molecule has 0 aromatic heterocycles. The summed E-state index contributed by atoms with van der Waals surface area (Å²) in [5, 5.41) is 5.03. The number of hydrogen-bond acceptors (Lipinski definition) is 1. The van der Waals surface area contributed by atoms with E-state index < -0.39 is 0 Å². The molecule has 0 spiro atoms. The van der Waals surface area contributed by atoms with Crippen LogP contribution >= 0.6 is 0 Å². The van der Waals surface area contributed by atoms with Crippen LogP contribution in [0.15, 0.2) is 231 Å². The van der Waals surface area contributed by atoms with Crippen molar-refractivity contribution in [1.82, 2.24) is 0 Å². The topological polar surface area (TPSA) is 3.24 Å². The summed E-state index contributed by atoms with van der Waals surface area (Å²) >= 11 is 0. The summed E-state index contributed by atoms with van der Waals surface area (Å²) in [4.78, 5) is 2.37. The van der Waals surface area contributed by atoms with Crippen molar-refractivity contribution < 1.29 is 0 Å². The molecule has 0 radical (unpaired) electrons. The Balaban J connectivity index is 0.981. The van der Waals surface area contributed by atoms with Gasteiger partial charge >= 0.3 is 0 Å². The maximum atomic E-state index is 2.42. The zero-order valence-corrected chi connectivity index (χ0v) is 33.6. The Kier molecular flexibility index (Phi) is 8.75. The molecule has 0 fully saturated rings. The van der Waals surface area contributed by atoms with Gasteiger partial charge in [0.1, 0.15) is 0 Å². The molecular weight excluding hydrogens is 723 g/mol. The molecule has 0 saturated heterocycles. The molecule has 0 unspecified atom stereocenters. The Morgan fingerprint density at radius 2 is 0.733 bits per heavy atom. The molecule has 11 rings (SSSR count). The molecule has 1 aliphatic carbocycles. The van der Waals surface area contributed by atoms with E-state index in [1.165, 1.54) is 82.7 Å². The second-order valence-electron chi connectivity index (χ2n) is 16.0. The average Bonchev–Trinajstić information content (AvgIpc) is 3.62. The van der Waals surface area contributed by atoms with E-state index >= 15 is 0 Å². The number of hydrogen-bond donors (Lipinski definition) is 0. The summed E-state index contributed by atoms with van der Waals surface area (Å²) in [6, 6.07) is 84.8. The molecule has 0 N–H and O–H groups in total. The Morgan fingerprint density at radius 1 is 0.333 bits per heavy atom. The summed E-state index contributed by atoms with van der Waals surface area (Å²) in [5.74, 6) is 0. The first-order chi connectivity index (χ1) is 29.7. The molecular formula is C59H43N. The summed E-state index contributed by atoms with van der Waals surface area (Å²) in [7, 11) is 0. The van der Waals surface area contributed by atoms with Crippen LogP contribution in [0.2, 0.25) is 0 Å². The molecule has 0 bridgehead atoms. The van der Waals surface area contributed by atoms with Gasteiger partial charge < -0.3 is 4.90 Å². The smallest absolute Gasteiger partial charge is 0.0462 e. The highest BCUT2D eigenvalue weighted by Gasteiger charge is 2.43. The summed E-state index contributed by atoms with van der Waals surface area (Å²) in [6.45, 7) is 2.33. The normalized spacial score (nSPS) is 12.6. The zero-order valence-electron chi connectivity index (χ0n) is 33.6. The molecule has 10 aromatic rings. The average molecular weight is 766 g/mol. The van der Waals surface area contributed by atoms with Gasteiger partial charge in [-0.1, -0.05) is 195 Å². The van der Waals surface area contributed by atoms with Gasteiger partial charge in [-0.15, -0.1) is 0 Å². The Hall–Kier alpha value is -7.48. The van der Waals surface area contributed by atoms with Gasteiger partial charge in [-0.3, -0.25) is 0 Å². The van der Waals surface area contributed by atoms with Crippen molar-refractivity contribution in [2.45, 2.75) is 18.8 Å². The van der Waals surface area contributed by atoms with Crippen LogP contribution in [-0.2, 0) is 5.41 Å². The Labute approximate surface area is 352 Å². The fraction of sp³-hybridized carbons (Fsp3) is 0.0508. The number of fused-ring (bicyclic) bond motifs is 5. The van der Waals surface area contributed by atoms with Crippen LogP contribution in [0.4, 0.5) is 17.1 Å². The van der Waals surface area contributed by atoms with Gasteiger partial charge in [0.05, 0.1) is 0 Å². The van der Waals surface area contributed by atoms with Gasteiger partial charge in [0, 0.05) is 22.5 Å². The lowest BCUT2D eigenvalue weighted by atomic mass is 9.70. The van der Waals surface area contributed by atoms with E-state index in [0.29, 0.717) is 0 Å².